The van der Waals surface area contributed by atoms with Crippen LogP contribution in [-0.4, -0.2) is 30.1 Å². The lowest BCUT2D eigenvalue weighted by atomic mass is 9.91. The third-order valence-corrected chi connectivity index (χ3v) is 4.75. The highest BCUT2D eigenvalue weighted by Crippen LogP contribution is 2.33. The molecule has 2 rings (SSSR count). The van der Waals surface area contributed by atoms with Crippen LogP contribution in [-0.2, 0) is 0 Å². The standard InChI is InChI=1S/C12H19ClN2S/c1-8(2)15-6-5-10(14)9(7-15)11-3-4-12(13)16-11/h3-4,8-10H,5-7,14H2,1-2H3. The van der Waals surface area contributed by atoms with Crippen molar-refractivity contribution in [2.45, 2.75) is 38.3 Å². The number of nitrogens with two attached hydrogens (primary N) is 1. The molecule has 1 aromatic rings. The molecule has 16 heavy (non-hydrogen) atoms. The van der Waals surface area contributed by atoms with Crippen LogP contribution in [0.15, 0.2) is 12.1 Å². The molecule has 1 aliphatic heterocycles. The third kappa shape index (κ3) is 2.59. The maximum atomic E-state index is 6.22. The van der Waals surface area contributed by atoms with Crippen molar-refractivity contribution in [3.63, 3.8) is 0 Å². The number of rotatable bonds is 2. The second-order valence-corrected chi connectivity index (χ2v) is 6.54. The summed E-state index contributed by atoms with van der Waals surface area (Å²) in [5.41, 5.74) is 6.22. The van der Waals surface area contributed by atoms with Crippen molar-refractivity contribution in [2.75, 3.05) is 13.1 Å². The summed E-state index contributed by atoms with van der Waals surface area (Å²) in [6.07, 6.45) is 1.08. The maximum absolute atomic E-state index is 6.22. The Labute approximate surface area is 106 Å². The first-order chi connectivity index (χ1) is 7.58. The van der Waals surface area contributed by atoms with Crippen LogP contribution in [0.3, 0.4) is 0 Å². The van der Waals surface area contributed by atoms with Gasteiger partial charge < -0.3 is 10.6 Å². The van der Waals surface area contributed by atoms with Crippen molar-refractivity contribution in [3.05, 3.63) is 21.3 Å². The summed E-state index contributed by atoms with van der Waals surface area (Å²) in [5, 5.41) is 0. The van der Waals surface area contributed by atoms with E-state index in [0.29, 0.717) is 12.0 Å². The van der Waals surface area contributed by atoms with Gasteiger partial charge in [0, 0.05) is 29.4 Å². The topological polar surface area (TPSA) is 29.3 Å². The average molecular weight is 259 g/mol. The molecule has 2 atom stereocenters. The van der Waals surface area contributed by atoms with E-state index < -0.39 is 0 Å². The van der Waals surface area contributed by atoms with Crippen molar-refractivity contribution in [1.29, 1.82) is 0 Å². The predicted molar refractivity (Wildman–Crippen MR) is 71.4 cm³/mol. The summed E-state index contributed by atoms with van der Waals surface area (Å²) < 4.78 is 0.865. The smallest absolute Gasteiger partial charge is 0.0931 e. The predicted octanol–water partition coefficient (Wildman–Crippen LogP) is 2.93. The van der Waals surface area contributed by atoms with Gasteiger partial charge in [-0.15, -0.1) is 11.3 Å². The molecule has 0 aliphatic carbocycles. The van der Waals surface area contributed by atoms with Crippen LogP contribution in [0, 0.1) is 0 Å². The molecule has 2 N–H and O–H groups in total. The van der Waals surface area contributed by atoms with E-state index in [0.717, 1.165) is 23.8 Å². The summed E-state index contributed by atoms with van der Waals surface area (Å²) >= 11 is 7.66. The quantitative estimate of drug-likeness (QED) is 0.884. The molecule has 4 heteroatoms. The van der Waals surface area contributed by atoms with Crippen molar-refractivity contribution in [3.8, 4) is 0 Å². The highest BCUT2D eigenvalue weighted by atomic mass is 35.5. The van der Waals surface area contributed by atoms with Crippen LogP contribution >= 0.6 is 22.9 Å². The van der Waals surface area contributed by atoms with Crippen LogP contribution in [0.2, 0.25) is 4.34 Å². The van der Waals surface area contributed by atoms with E-state index in [2.05, 4.69) is 24.8 Å². The monoisotopic (exact) mass is 258 g/mol. The second-order valence-electron chi connectivity index (χ2n) is 4.79. The highest BCUT2D eigenvalue weighted by Gasteiger charge is 2.29. The molecule has 0 radical (unpaired) electrons. The van der Waals surface area contributed by atoms with Crippen molar-refractivity contribution in [1.82, 2.24) is 4.90 Å². The van der Waals surface area contributed by atoms with Crippen molar-refractivity contribution >= 4 is 22.9 Å². The van der Waals surface area contributed by atoms with Gasteiger partial charge in [0.05, 0.1) is 4.34 Å². The Balaban J connectivity index is 2.12. The minimum absolute atomic E-state index is 0.282. The Hall–Kier alpha value is -0.0900. The Bertz CT molecular complexity index is 351. The van der Waals surface area contributed by atoms with Crippen molar-refractivity contribution in [2.24, 2.45) is 5.73 Å². The van der Waals surface area contributed by atoms with Gasteiger partial charge in [-0.3, -0.25) is 0 Å². The number of thiophene rings is 1. The van der Waals surface area contributed by atoms with Gasteiger partial charge in [0.25, 0.3) is 0 Å². The Kier molecular flexibility index (Phi) is 3.90. The summed E-state index contributed by atoms with van der Waals surface area (Å²) in [7, 11) is 0. The fourth-order valence-electron chi connectivity index (χ4n) is 2.29. The molecule has 1 aromatic heterocycles. The van der Waals surface area contributed by atoms with Crippen molar-refractivity contribution < 1.29 is 0 Å². The fraction of sp³-hybridized carbons (Fsp3) is 0.667. The average Bonchev–Trinajstić information content (AvgIpc) is 2.65. The Morgan fingerprint density at radius 3 is 2.81 bits per heavy atom. The normalized spacial score (nSPS) is 27.6. The molecular weight excluding hydrogens is 240 g/mol. The SMILES string of the molecule is CC(C)N1CCC(N)C(c2ccc(Cl)s2)C1. The molecule has 1 saturated heterocycles. The van der Waals surface area contributed by atoms with E-state index >= 15 is 0 Å². The van der Waals surface area contributed by atoms with E-state index in [4.69, 9.17) is 17.3 Å². The molecule has 1 fully saturated rings. The van der Waals surface area contributed by atoms with E-state index in [1.54, 1.807) is 11.3 Å². The molecule has 2 nitrogen and oxygen atoms in total. The Morgan fingerprint density at radius 1 is 1.50 bits per heavy atom. The van der Waals surface area contributed by atoms with Crippen LogP contribution in [0.4, 0.5) is 0 Å². The van der Waals surface area contributed by atoms with Gasteiger partial charge in [0.15, 0.2) is 0 Å². The second kappa shape index (κ2) is 5.05. The van der Waals surface area contributed by atoms with E-state index in [1.807, 2.05) is 6.07 Å². The molecule has 2 unspecified atom stereocenters. The van der Waals surface area contributed by atoms with Gasteiger partial charge in [-0.1, -0.05) is 11.6 Å². The van der Waals surface area contributed by atoms with Gasteiger partial charge in [0.2, 0.25) is 0 Å². The summed E-state index contributed by atoms with van der Waals surface area (Å²) in [6, 6.07) is 4.99. The first-order valence-electron chi connectivity index (χ1n) is 5.83. The van der Waals surface area contributed by atoms with E-state index in [1.165, 1.54) is 4.88 Å². The number of piperidine rings is 1. The molecule has 0 spiro atoms. The zero-order chi connectivity index (χ0) is 11.7. The summed E-state index contributed by atoms with van der Waals surface area (Å²) in [5.74, 6) is 0.452. The third-order valence-electron chi connectivity index (χ3n) is 3.39. The minimum Gasteiger partial charge on any atom is -0.327 e. The molecule has 0 aromatic carbocycles. The summed E-state index contributed by atoms with van der Waals surface area (Å²) in [4.78, 5) is 3.84. The van der Waals surface area contributed by atoms with Crippen LogP contribution < -0.4 is 5.73 Å². The van der Waals surface area contributed by atoms with Gasteiger partial charge in [-0.2, -0.15) is 0 Å². The van der Waals surface area contributed by atoms with Crippen LogP contribution in [0.1, 0.15) is 31.1 Å². The molecule has 90 valence electrons. The van der Waals surface area contributed by atoms with Gasteiger partial charge in [0.1, 0.15) is 0 Å². The lowest BCUT2D eigenvalue weighted by Gasteiger charge is -2.38. The molecule has 0 saturated carbocycles. The molecular formula is C12H19ClN2S. The van der Waals surface area contributed by atoms with E-state index in [9.17, 15) is 0 Å². The van der Waals surface area contributed by atoms with Crippen LogP contribution in [0.25, 0.3) is 0 Å². The molecule has 1 aliphatic rings. The number of halogens is 1. The zero-order valence-corrected chi connectivity index (χ0v) is 11.4. The number of nitrogens with zero attached hydrogens (tertiary/aromatic N) is 1. The summed E-state index contributed by atoms with van der Waals surface area (Å²) in [6.45, 7) is 6.68. The number of likely N-dealkylation sites (tertiary alicyclic amines) is 1. The molecule has 2 heterocycles. The number of hydrogen-bond donors (Lipinski definition) is 1. The fourth-order valence-corrected chi connectivity index (χ4v) is 3.52. The Morgan fingerprint density at radius 2 is 2.25 bits per heavy atom. The minimum atomic E-state index is 0.282. The number of hydrogen-bond acceptors (Lipinski definition) is 3. The van der Waals surface area contributed by atoms with E-state index in [-0.39, 0.29) is 6.04 Å². The lowest BCUT2D eigenvalue weighted by molar-refractivity contribution is 0.155. The zero-order valence-electron chi connectivity index (χ0n) is 9.82. The first-order valence-corrected chi connectivity index (χ1v) is 7.02. The highest BCUT2D eigenvalue weighted by molar-refractivity contribution is 7.16. The van der Waals surface area contributed by atoms with Crippen LogP contribution in [0.5, 0.6) is 0 Å². The lowest BCUT2D eigenvalue weighted by Crippen LogP contribution is -2.47. The van der Waals surface area contributed by atoms with Gasteiger partial charge >= 0.3 is 0 Å². The largest absolute Gasteiger partial charge is 0.327 e. The first kappa shape index (κ1) is 12.4. The molecule has 0 amide bonds. The van der Waals surface area contributed by atoms with Gasteiger partial charge in [-0.25, -0.2) is 0 Å². The maximum Gasteiger partial charge on any atom is 0.0931 e. The van der Waals surface area contributed by atoms with Gasteiger partial charge in [-0.05, 0) is 38.9 Å². The molecule has 0 bridgehead atoms.